The van der Waals surface area contributed by atoms with E-state index in [2.05, 4.69) is 36.7 Å². The summed E-state index contributed by atoms with van der Waals surface area (Å²) in [6.45, 7) is 16.5. The number of hydrogen-bond acceptors (Lipinski definition) is 8. The van der Waals surface area contributed by atoms with E-state index in [0.29, 0.717) is 42.1 Å². The minimum atomic E-state index is -1.09. The second-order valence-corrected chi connectivity index (χ2v) is 16.9. The summed E-state index contributed by atoms with van der Waals surface area (Å²) in [5, 5.41) is 55.3. The quantitative estimate of drug-likeness (QED) is 0.106. The van der Waals surface area contributed by atoms with Crippen molar-refractivity contribution < 1.29 is 20.4 Å². The van der Waals surface area contributed by atoms with E-state index in [-0.39, 0.29) is 29.0 Å². The van der Waals surface area contributed by atoms with Crippen LogP contribution in [0, 0.1) is 46.3 Å². The van der Waals surface area contributed by atoms with Crippen molar-refractivity contribution in [3.8, 4) is 0 Å². The average Bonchev–Trinajstić information content (AvgIpc) is 3.35. The molecule has 0 heterocycles. The van der Waals surface area contributed by atoms with Gasteiger partial charge in [-0.2, -0.15) is 0 Å². The molecule has 0 aliphatic heterocycles. The van der Waals surface area contributed by atoms with Crippen LogP contribution in [0.1, 0.15) is 118 Å². The molecule has 9 N–H and O–H groups in total. The van der Waals surface area contributed by atoms with Gasteiger partial charge in [0.15, 0.2) is 0 Å². The molecule has 0 spiro atoms. The highest BCUT2D eigenvalue weighted by atomic mass is 16.3. The summed E-state index contributed by atoms with van der Waals surface area (Å²) >= 11 is 0. The number of nitrogens with one attached hydrogen (secondary N) is 3. The number of unbranched alkanes of at least 4 members (excludes halogenated alkanes) is 1. The summed E-state index contributed by atoms with van der Waals surface area (Å²) in [5.41, 5.74) is 4.43. The average molecular weight is 637 g/mol. The second kappa shape index (κ2) is 16.4. The van der Waals surface area contributed by atoms with Crippen LogP contribution in [0.2, 0.25) is 0 Å². The monoisotopic (exact) mass is 637 g/mol. The third-order valence-electron chi connectivity index (χ3n) is 13.7. The lowest BCUT2D eigenvalue weighted by Crippen LogP contribution is -2.62. The lowest BCUT2D eigenvalue weighted by molar-refractivity contribution is -0.202. The second-order valence-electron chi connectivity index (χ2n) is 16.9. The summed E-state index contributed by atoms with van der Waals surface area (Å²) in [5.74, 6) is 2.25. The standard InChI is InChI=1S/C37H72N4O4/c1-25(10-13-32(43)35(2,3)45)28-11-12-29-34-30(24-33(44)37(28,29)5)36(4)15-14-27(22-26(36)23-31(34)42)41-21-9-20-40-18-7-6-17-39-19-8-16-38/h25-34,39-45H,6-24,38H2,1-5H3/t25-,26-,27+,28-,29?,30?,31-,32?,33?,34?,36+,37-/m1/s1. The Hall–Kier alpha value is -0.320. The predicted molar refractivity (Wildman–Crippen MR) is 184 cm³/mol. The van der Waals surface area contributed by atoms with E-state index in [9.17, 15) is 20.4 Å². The molecule has 0 amide bonds. The van der Waals surface area contributed by atoms with E-state index in [1.54, 1.807) is 13.8 Å². The molecule has 0 bridgehead atoms. The summed E-state index contributed by atoms with van der Waals surface area (Å²) < 4.78 is 0. The highest BCUT2D eigenvalue weighted by Gasteiger charge is 2.65. The maximum Gasteiger partial charge on any atom is 0.0849 e. The highest BCUT2D eigenvalue weighted by molar-refractivity contribution is 5.14. The van der Waals surface area contributed by atoms with Gasteiger partial charge in [0.2, 0.25) is 0 Å². The molecular weight excluding hydrogens is 564 g/mol. The molecule has 0 radical (unpaired) electrons. The first-order chi connectivity index (χ1) is 21.3. The van der Waals surface area contributed by atoms with Gasteiger partial charge in [0.05, 0.1) is 23.9 Å². The van der Waals surface area contributed by atoms with Crippen LogP contribution < -0.4 is 21.7 Å². The molecular formula is C37H72N4O4. The minimum absolute atomic E-state index is 0.186. The van der Waals surface area contributed by atoms with Crippen molar-refractivity contribution in [2.75, 3.05) is 39.3 Å². The van der Waals surface area contributed by atoms with Gasteiger partial charge in [0.25, 0.3) is 0 Å². The molecule has 0 aromatic heterocycles. The molecule has 45 heavy (non-hydrogen) atoms. The van der Waals surface area contributed by atoms with Gasteiger partial charge in [0, 0.05) is 6.04 Å². The predicted octanol–water partition coefficient (Wildman–Crippen LogP) is 3.79. The van der Waals surface area contributed by atoms with Crippen molar-refractivity contribution in [1.29, 1.82) is 0 Å². The van der Waals surface area contributed by atoms with Gasteiger partial charge < -0.3 is 42.1 Å². The number of hydrogen-bond donors (Lipinski definition) is 8. The summed E-state index contributed by atoms with van der Waals surface area (Å²) in [6.07, 6.45) is 12.1. The highest BCUT2D eigenvalue weighted by Crippen LogP contribution is 2.68. The van der Waals surface area contributed by atoms with Crippen LogP contribution in [0.3, 0.4) is 0 Å². The molecule has 4 aliphatic rings. The molecule has 8 nitrogen and oxygen atoms in total. The fraction of sp³-hybridized carbons (Fsp3) is 1.00. The smallest absolute Gasteiger partial charge is 0.0849 e. The number of aliphatic hydroxyl groups excluding tert-OH is 3. The van der Waals surface area contributed by atoms with Crippen LogP contribution in [0.4, 0.5) is 0 Å². The van der Waals surface area contributed by atoms with Crippen LogP contribution in [0.5, 0.6) is 0 Å². The fourth-order valence-electron chi connectivity index (χ4n) is 10.8. The molecule has 12 atom stereocenters. The molecule has 4 saturated carbocycles. The van der Waals surface area contributed by atoms with Crippen molar-refractivity contribution in [2.24, 2.45) is 52.1 Å². The van der Waals surface area contributed by atoms with E-state index < -0.39 is 11.7 Å². The van der Waals surface area contributed by atoms with Crippen molar-refractivity contribution in [1.82, 2.24) is 16.0 Å². The summed E-state index contributed by atoms with van der Waals surface area (Å²) in [7, 11) is 0. The van der Waals surface area contributed by atoms with Crippen LogP contribution in [0.15, 0.2) is 0 Å². The van der Waals surface area contributed by atoms with Gasteiger partial charge in [0.1, 0.15) is 0 Å². The summed E-state index contributed by atoms with van der Waals surface area (Å²) in [4.78, 5) is 0. The number of fused-ring (bicyclic) bond motifs is 5. The van der Waals surface area contributed by atoms with E-state index in [4.69, 9.17) is 5.73 Å². The third kappa shape index (κ3) is 8.65. The van der Waals surface area contributed by atoms with Crippen molar-refractivity contribution in [2.45, 2.75) is 148 Å². The Balaban J connectivity index is 1.24. The van der Waals surface area contributed by atoms with Gasteiger partial charge in [-0.25, -0.2) is 0 Å². The van der Waals surface area contributed by atoms with Crippen molar-refractivity contribution >= 4 is 0 Å². The Kier molecular flexibility index (Phi) is 13.7. The lowest BCUT2D eigenvalue weighted by Gasteiger charge is -2.64. The van der Waals surface area contributed by atoms with Gasteiger partial charge in [-0.15, -0.1) is 0 Å². The fourth-order valence-corrected chi connectivity index (χ4v) is 10.8. The molecule has 264 valence electrons. The Morgan fingerprint density at radius 2 is 1.51 bits per heavy atom. The molecule has 4 fully saturated rings. The maximum atomic E-state index is 11.9. The Morgan fingerprint density at radius 3 is 2.18 bits per heavy atom. The van der Waals surface area contributed by atoms with Crippen molar-refractivity contribution in [3.63, 3.8) is 0 Å². The van der Waals surface area contributed by atoms with Crippen LogP contribution in [-0.2, 0) is 0 Å². The number of rotatable bonds is 18. The Bertz CT molecular complexity index is 887. The van der Waals surface area contributed by atoms with Gasteiger partial charge in [-0.1, -0.05) is 20.8 Å². The molecule has 0 aromatic carbocycles. The first-order valence-electron chi connectivity index (χ1n) is 18.9. The molecule has 0 saturated heterocycles. The number of aliphatic hydroxyl groups is 4. The molecule has 4 rings (SSSR count). The topological polar surface area (TPSA) is 143 Å². The number of nitrogens with two attached hydrogens (primary N) is 1. The normalized spacial score (nSPS) is 39.6. The van der Waals surface area contributed by atoms with Crippen LogP contribution >= 0.6 is 0 Å². The Morgan fingerprint density at radius 1 is 0.844 bits per heavy atom. The van der Waals surface area contributed by atoms with E-state index >= 15 is 0 Å². The molecule has 4 aliphatic carbocycles. The van der Waals surface area contributed by atoms with Gasteiger partial charge in [-0.3, -0.25) is 0 Å². The van der Waals surface area contributed by atoms with Crippen LogP contribution in [-0.4, -0.2) is 89.6 Å². The largest absolute Gasteiger partial charge is 0.393 e. The van der Waals surface area contributed by atoms with Gasteiger partial charge >= 0.3 is 0 Å². The zero-order valence-corrected chi connectivity index (χ0v) is 29.6. The maximum absolute atomic E-state index is 11.9. The van der Waals surface area contributed by atoms with E-state index in [1.807, 2.05) is 0 Å². The van der Waals surface area contributed by atoms with E-state index in [1.165, 1.54) is 25.7 Å². The van der Waals surface area contributed by atoms with E-state index in [0.717, 1.165) is 90.6 Å². The first kappa shape index (κ1) is 37.5. The third-order valence-corrected chi connectivity index (χ3v) is 13.7. The van der Waals surface area contributed by atoms with Crippen LogP contribution in [0.25, 0.3) is 0 Å². The molecule has 5 unspecified atom stereocenters. The van der Waals surface area contributed by atoms with Crippen molar-refractivity contribution in [3.05, 3.63) is 0 Å². The Labute approximate surface area is 275 Å². The first-order valence-corrected chi connectivity index (χ1v) is 18.9. The van der Waals surface area contributed by atoms with Gasteiger partial charge in [-0.05, 0) is 183 Å². The SMILES string of the molecule is C[C@H](CCC(O)C(C)(C)O)[C@H]1CCC2C3C(CC(O)[C@@]21C)[C@@]1(C)CC[C@H](NCCCNCCCCNCCCN)C[C@@H]1C[C@H]3O. The zero-order valence-electron chi connectivity index (χ0n) is 29.6. The molecule has 8 heteroatoms. The lowest BCUT2D eigenvalue weighted by atomic mass is 9.43. The molecule has 0 aromatic rings. The summed E-state index contributed by atoms with van der Waals surface area (Å²) in [6, 6.07) is 0.529. The minimum Gasteiger partial charge on any atom is -0.393 e. The zero-order chi connectivity index (χ0) is 32.8.